The maximum atomic E-state index is 13.7. The second-order valence-corrected chi connectivity index (χ2v) is 4.71. The topological polar surface area (TPSA) is 29.1 Å². The summed E-state index contributed by atoms with van der Waals surface area (Å²) in [6.07, 6.45) is 0. The van der Waals surface area contributed by atoms with Crippen molar-refractivity contribution in [1.29, 1.82) is 0 Å². The first-order valence-electron chi connectivity index (χ1n) is 5.51. The Labute approximate surface area is 120 Å². The number of rotatable bonds is 2. The van der Waals surface area contributed by atoms with Gasteiger partial charge in [0.05, 0.1) is 15.7 Å². The number of carbonyl (C=O) groups excluding carboxylic acids is 1. The molecule has 1 amide bonds. The second-order valence-electron chi connectivity index (χ2n) is 3.96. The zero-order chi connectivity index (χ0) is 14.0. The van der Waals surface area contributed by atoms with Gasteiger partial charge in [0.25, 0.3) is 0 Å². The van der Waals surface area contributed by atoms with Crippen molar-refractivity contribution in [2.24, 2.45) is 0 Å². The molecule has 0 fully saturated rings. The SMILES string of the molecule is CC(=O)Nc1c(-c2ccccc2)cc(F)c(Cl)c1Cl. The minimum absolute atomic E-state index is 0.00396. The van der Waals surface area contributed by atoms with Crippen LogP contribution in [0.4, 0.5) is 10.1 Å². The highest BCUT2D eigenvalue weighted by atomic mass is 35.5. The number of benzene rings is 2. The Hall–Kier alpha value is -1.58. The molecule has 0 saturated heterocycles. The standard InChI is InChI=1S/C14H10Cl2FNO/c1-8(19)18-14-10(9-5-3-2-4-6-9)7-11(17)12(15)13(14)16/h2-7H,1H3,(H,18,19). The highest BCUT2D eigenvalue weighted by Gasteiger charge is 2.17. The highest BCUT2D eigenvalue weighted by molar-refractivity contribution is 6.44. The fraction of sp³-hybridized carbons (Fsp3) is 0.0714. The van der Waals surface area contributed by atoms with Crippen LogP contribution in [0.2, 0.25) is 10.0 Å². The van der Waals surface area contributed by atoms with Crippen LogP contribution in [0.15, 0.2) is 36.4 Å². The summed E-state index contributed by atoms with van der Waals surface area (Å²) in [5.41, 5.74) is 1.54. The minimum atomic E-state index is -0.625. The maximum Gasteiger partial charge on any atom is 0.221 e. The van der Waals surface area contributed by atoms with Crippen molar-refractivity contribution in [3.8, 4) is 11.1 Å². The first-order valence-corrected chi connectivity index (χ1v) is 6.27. The lowest BCUT2D eigenvalue weighted by Gasteiger charge is -2.14. The minimum Gasteiger partial charge on any atom is -0.324 e. The molecule has 0 atom stereocenters. The van der Waals surface area contributed by atoms with Gasteiger partial charge in [-0.05, 0) is 11.6 Å². The van der Waals surface area contributed by atoms with Gasteiger partial charge in [-0.15, -0.1) is 0 Å². The first kappa shape index (κ1) is 13.8. The predicted molar refractivity (Wildman–Crippen MR) is 76.2 cm³/mol. The summed E-state index contributed by atoms with van der Waals surface area (Å²) in [6.45, 7) is 1.35. The lowest BCUT2D eigenvalue weighted by atomic mass is 10.0. The van der Waals surface area contributed by atoms with Gasteiger partial charge >= 0.3 is 0 Å². The molecule has 2 aromatic rings. The summed E-state index contributed by atoms with van der Waals surface area (Å²) in [7, 11) is 0. The third-order valence-electron chi connectivity index (χ3n) is 2.55. The fourth-order valence-electron chi connectivity index (χ4n) is 1.74. The second kappa shape index (κ2) is 5.59. The van der Waals surface area contributed by atoms with Crippen LogP contribution in [0.25, 0.3) is 11.1 Å². The molecule has 2 rings (SSSR count). The van der Waals surface area contributed by atoms with Gasteiger partial charge in [0.15, 0.2) is 0 Å². The molecule has 5 heteroatoms. The summed E-state index contributed by atoms with van der Waals surface area (Å²) < 4.78 is 13.7. The number of amides is 1. The quantitative estimate of drug-likeness (QED) is 0.796. The van der Waals surface area contributed by atoms with Gasteiger partial charge in [0.2, 0.25) is 5.91 Å². The van der Waals surface area contributed by atoms with Gasteiger partial charge in [0.1, 0.15) is 5.82 Å². The van der Waals surface area contributed by atoms with Crippen molar-refractivity contribution in [2.75, 3.05) is 5.32 Å². The molecule has 0 spiro atoms. The van der Waals surface area contributed by atoms with E-state index in [1.165, 1.54) is 13.0 Å². The molecule has 2 nitrogen and oxygen atoms in total. The van der Waals surface area contributed by atoms with Crippen LogP contribution in [-0.4, -0.2) is 5.91 Å². The molecule has 0 unspecified atom stereocenters. The van der Waals surface area contributed by atoms with Crippen molar-refractivity contribution in [3.05, 3.63) is 52.3 Å². The van der Waals surface area contributed by atoms with Crippen LogP contribution >= 0.6 is 23.2 Å². The van der Waals surface area contributed by atoms with Gasteiger partial charge < -0.3 is 5.32 Å². The van der Waals surface area contributed by atoms with E-state index in [4.69, 9.17) is 23.2 Å². The van der Waals surface area contributed by atoms with Gasteiger partial charge in [-0.3, -0.25) is 4.79 Å². The third-order valence-corrected chi connectivity index (χ3v) is 3.39. The van der Waals surface area contributed by atoms with Crippen molar-refractivity contribution in [3.63, 3.8) is 0 Å². The Bertz CT molecular complexity index is 629. The molecule has 0 heterocycles. The number of hydrogen-bond donors (Lipinski definition) is 1. The van der Waals surface area contributed by atoms with Crippen LogP contribution < -0.4 is 5.32 Å². The lowest BCUT2D eigenvalue weighted by molar-refractivity contribution is -0.114. The van der Waals surface area contributed by atoms with Crippen LogP contribution in [-0.2, 0) is 4.79 Å². The van der Waals surface area contributed by atoms with E-state index in [9.17, 15) is 9.18 Å². The summed E-state index contributed by atoms with van der Waals surface area (Å²) in [5, 5.41) is 2.38. The zero-order valence-corrected chi connectivity index (χ0v) is 11.5. The molecule has 2 aromatic carbocycles. The van der Waals surface area contributed by atoms with Crippen molar-refractivity contribution >= 4 is 34.8 Å². The van der Waals surface area contributed by atoms with Crippen LogP contribution in [0, 0.1) is 5.82 Å². The summed E-state index contributed by atoms with van der Waals surface area (Å²) in [5.74, 6) is -0.929. The Morgan fingerprint density at radius 2 is 1.79 bits per heavy atom. The summed E-state index contributed by atoms with van der Waals surface area (Å²) >= 11 is 11.8. The van der Waals surface area contributed by atoms with E-state index in [-0.39, 0.29) is 16.0 Å². The Balaban J connectivity index is 2.68. The smallest absolute Gasteiger partial charge is 0.221 e. The van der Waals surface area contributed by atoms with E-state index < -0.39 is 5.82 Å². The maximum absolute atomic E-state index is 13.7. The van der Waals surface area contributed by atoms with Gasteiger partial charge in [-0.25, -0.2) is 4.39 Å². The van der Waals surface area contributed by atoms with E-state index in [1.54, 1.807) is 12.1 Å². The van der Waals surface area contributed by atoms with Crippen molar-refractivity contribution < 1.29 is 9.18 Å². The van der Waals surface area contributed by atoms with Crippen LogP contribution in [0.5, 0.6) is 0 Å². The molecule has 1 N–H and O–H groups in total. The average Bonchev–Trinajstić information content (AvgIpc) is 2.40. The van der Waals surface area contributed by atoms with Crippen molar-refractivity contribution in [2.45, 2.75) is 6.92 Å². The van der Waals surface area contributed by atoms with Crippen LogP contribution in [0.1, 0.15) is 6.92 Å². The van der Waals surface area contributed by atoms with Crippen molar-refractivity contribution in [1.82, 2.24) is 0 Å². The molecule has 0 bridgehead atoms. The molecule has 0 aliphatic rings. The first-order chi connectivity index (χ1) is 9.00. The monoisotopic (exact) mass is 297 g/mol. The summed E-state index contributed by atoms with van der Waals surface area (Å²) in [6, 6.07) is 10.3. The van der Waals surface area contributed by atoms with E-state index in [1.807, 2.05) is 18.2 Å². The highest BCUT2D eigenvalue weighted by Crippen LogP contribution is 2.40. The number of carbonyl (C=O) groups is 1. The van der Waals surface area contributed by atoms with Crippen LogP contribution in [0.3, 0.4) is 0 Å². The van der Waals surface area contributed by atoms with E-state index in [2.05, 4.69) is 5.32 Å². The van der Waals surface area contributed by atoms with E-state index in [0.29, 0.717) is 11.3 Å². The number of halogens is 3. The Morgan fingerprint density at radius 3 is 2.37 bits per heavy atom. The van der Waals surface area contributed by atoms with E-state index in [0.717, 1.165) is 5.56 Å². The Morgan fingerprint density at radius 1 is 1.16 bits per heavy atom. The molecule has 0 aliphatic carbocycles. The Kier molecular flexibility index (Phi) is 4.08. The van der Waals surface area contributed by atoms with Gasteiger partial charge in [-0.2, -0.15) is 0 Å². The average molecular weight is 298 g/mol. The third kappa shape index (κ3) is 2.88. The molecule has 0 radical (unpaired) electrons. The number of anilines is 1. The fourth-order valence-corrected chi connectivity index (χ4v) is 2.13. The number of nitrogens with one attached hydrogen (secondary N) is 1. The largest absolute Gasteiger partial charge is 0.324 e. The molecule has 19 heavy (non-hydrogen) atoms. The van der Waals surface area contributed by atoms with Gasteiger partial charge in [0, 0.05) is 12.5 Å². The predicted octanol–water partition coefficient (Wildman–Crippen LogP) is 4.76. The van der Waals surface area contributed by atoms with Gasteiger partial charge in [-0.1, -0.05) is 53.5 Å². The molecule has 0 aliphatic heterocycles. The lowest BCUT2D eigenvalue weighted by Crippen LogP contribution is -2.08. The normalized spacial score (nSPS) is 10.3. The molecule has 98 valence electrons. The molecular formula is C14H10Cl2FNO. The summed E-state index contributed by atoms with van der Waals surface area (Å²) in [4.78, 5) is 11.2. The zero-order valence-electron chi connectivity index (χ0n) is 10.0. The number of hydrogen-bond acceptors (Lipinski definition) is 1. The molecule has 0 aromatic heterocycles. The van der Waals surface area contributed by atoms with E-state index >= 15 is 0 Å². The molecule has 0 saturated carbocycles. The molecular weight excluding hydrogens is 288 g/mol.